The van der Waals surface area contributed by atoms with E-state index >= 15 is 0 Å². The summed E-state index contributed by atoms with van der Waals surface area (Å²) in [5, 5.41) is 1.12. The Balaban J connectivity index is 1.55. The number of likely N-dealkylation sites (N-methyl/N-ethyl adjacent to an activating group) is 1. The van der Waals surface area contributed by atoms with Gasteiger partial charge in [-0.2, -0.15) is 0 Å². The number of H-pyrrole nitrogens is 1. The fourth-order valence-corrected chi connectivity index (χ4v) is 4.16. The van der Waals surface area contributed by atoms with E-state index in [2.05, 4.69) is 41.0 Å². The molecule has 2 aliphatic rings. The third-order valence-electron chi connectivity index (χ3n) is 5.75. The van der Waals surface area contributed by atoms with E-state index < -0.39 is 0 Å². The van der Waals surface area contributed by atoms with Crippen molar-refractivity contribution in [3.05, 3.63) is 24.5 Å². The Morgan fingerprint density at radius 2 is 2.28 bits per heavy atom. The molecule has 1 N–H and O–H groups in total. The van der Waals surface area contributed by atoms with E-state index in [1.807, 2.05) is 17.3 Å². The molecule has 0 saturated carbocycles. The number of likely N-dealkylation sites (tertiary alicyclic amines) is 1. The van der Waals surface area contributed by atoms with Crippen molar-refractivity contribution in [3.63, 3.8) is 0 Å². The minimum absolute atomic E-state index is 0.171. The van der Waals surface area contributed by atoms with Crippen molar-refractivity contribution in [2.75, 3.05) is 31.6 Å². The summed E-state index contributed by atoms with van der Waals surface area (Å²) in [5.41, 5.74) is 2.06. The minimum Gasteiger partial charge on any atom is -0.369 e. The van der Waals surface area contributed by atoms with Crippen LogP contribution in [0, 0.1) is 5.92 Å². The van der Waals surface area contributed by atoms with Crippen molar-refractivity contribution in [2.24, 2.45) is 5.92 Å². The number of amides is 1. The highest BCUT2D eigenvalue weighted by Crippen LogP contribution is 2.30. The van der Waals surface area contributed by atoms with Gasteiger partial charge in [0.1, 0.15) is 11.8 Å². The van der Waals surface area contributed by atoms with Crippen molar-refractivity contribution >= 4 is 22.6 Å². The van der Waals surface area contributed by atoms with Crippen LogP contribution < -0.4 is 4.90 Å². The normalized spacial score (nSPS) is 27.0. The predicted molar refractivity (Wildman–Crippen MR) is 97.6 cm³/mol. The van der Waals surface area contributed by atoms with Gasteiger partial charge in [-0.3, -0.25) is 4.79 Å². The van der Waals surface area contributed by atoms with E-state index in [9.17, 15) is 4.79 Å². The van der Waals surface area contributed by atoms with E-state index in [1.54, 1.807) is 0 Å². The van der Waals surface area contributed by atoms with E-state index in [-0.39, 0.29) is 12.0 Å². The number of ether oxygens (including phenoxy) is 1. The zero-order valence-electron chi connectivity index (χ0n) is 14.9. The second-order valence-corrected chi connectivity index (χ2v) is 7.30. The van der Waals surface area contributed by atoms with Crippen molar-refractivity contribution in [2.45, 2.75) is 38.3 Å². The summed E-state index contributed by atoms with van der Waals surface area (Å²) in [6.45, 7) is 4.59. The number of pyridine rings is 1. The van der Waals surface area contributed by atoms with Crippen LogP contribution in [0.2, 0.25) is 0 Å². The van der Waals surface area contributed by atoms with Crippen LogP contribution in [0.1, 0.15) is 26.2 Å². The molecule has 134 valence electrons. The van der Waals surface area contributed by atoms with Crippen molar-refractivity contribution in [1.82, 2.24) is 14.9 Å². The molecular formula is C19H26N4O2. The van der Waals surface area contributed by atoms with Gasteiger partial charge in [0.2, 0.25) is 0 Å². The Labute approximate surface area is 148 Å². The highest BCUT2D eigenvalue weighted by Gasteiger charge is 2.35. The first-order chi connectivity index (χ1) is 12.1. The number of rotatable bonds is 3. The predicted octanol–water partition coefficient (Wildman–Crippen LogP) is 2.42. The molecule has 1 amide bonds. The van der Waals surface area contributed by atoms with Crippen molar-refractivity contribution < 1.29 is 9.53 Å². The lowest BCUT2D eigenvalue weighted by atomic mass is 9.91. The molecule has 0 aromatic carbocycles. The molecule has 3 atom stereocenters. The van der Waals surface area contributed by atoms with Crippen LogP contribution in [-0.2, 0) is 9.53 Å². The third kappa shape index (κ3) is 2.99. The fourth-order valence-electron chi connectivity index (χ4n) is 4.16. The first kappa shape index (κ1) is 16.4. The van der Waals surface area contributed by atoms with Gasteiger partial charge in [-0.1, -0.05) is 6.92 Å². The van der Waals surface area contributed by atoms with Gasteiger partial charge in [0.05, 0.1) is 0 Å². The maximum absolute atomic E-state index is 12.8. The van der Waals surface area contributed by atoms with Gasteiger partial charge in [0.15, 0.2) is 0 Å². The van der Waals surface area contributed by atoms with E-state index in [4.69, 9.17) is 4.74 Å². The van der Waals surface area contributed by atoms with Gasteiger partial charge in [0, 0.05) is 56.3 Å². The molecule has 0 spiro atoms. The summed E-state index contributed by atoms with van der Waals surface area (Å²) in [6.07, 6.45) is 6.41. The largest absolute Gasteiger partial charge is 0.369 e. The zero-order chi connectivity index (χ0) is 17.4. The summed E-state index contributed by atoms with van der Waals surface area (Å²) < 4.78 is 5.61. The van der Waals surface area contributed by atoms with Crippen LogP contribution >= 0.6 is 0 Å². The Hall–Kier alpha value is -2.08. The number of fused-ring (bicyclic) bond motifs is 1. The van der Waals surface area contributed by atoms with E-state index in [0.717, 1.165) is 49.1 Å². The molecule has 4 rings (SSSR count). The van der Waals surface area contributed by atoms with Crippen LogP contribution in [-0.4, -0.2) is 59.7 Å². The summed E-state index contributed by atoms with van der Waals surface area (Å²) in [5.74, 6) is 0.699. The molecule has 2 saturated heterocycles. The van der Waals surface area contributed by atoms with Crippen LogP contribution in [0.3, 0.4) is 0 Å². The molecule has 0 bridgehead atoms. The van der Waals surface area contributed by atoms with Crippen LogP contribution in [0.4, 0.5) is 5.69 Å². The van der Waals surface area contributed by atoms with Crippen LogP contribution in [0.5, 0.6) is 0 Å². The number of hydrogen-bond donors (Lipinski definition) is 1. The molecule has 2 aromatic rings. The van der Waals surface area contributed by atoms with E-state index in [0.29, 0.717) is 18.6 Å². The molecule has 4 heterocycles. The summed E-state index contributed by atoms with van der Waals surface area (Å²) >= 11 is 0. The topological polar surface area (TPSA) is 61.5 Å². The second-order valence-electron chi connectivity index (χ2n) is 7.30. The molecule has 2 fully saturated rings. The molecule has 6 heteroatoms. The Morgan fingerprint density at radius 3 is 3.08 bits per heavy atom. The molecule has 0 aliphatic carbocycles. The second kappa shape index (κ2) is 6.67. The molecule has 2 unspecified atom stereocenters. The molecular weight excluding hydrogens is 316 g/mol. The van der Waals surface area contributed by atoms with Crippen LogP contribution in [0.25, 0.3) is 11.0 Å². The van der Waals surface area contributed by atoms with Crippen molar-refractivity contribution in [3.8, 4) is 0 Å². The van der Waals surface area contributed by atoms with Gasteiger partial charge < -0.3 is 19.5 Å². The maximum Gasteiger partial charge on any atom is 0.251 e. The quantitative estimate of drug-likeness (QED) is 0.930. The Morgan fingerprint density at radius 1 is 1.40 bits per heavy atom. The van der Waals surface area contributed by atoms with Crippen LogP contribution in [0.15, 0.2) is 24.5 Å². The average Bonchev–Trinajstić information content (AvgIpc) is 3.32. The summed E-state index contributed by atoms with van der Waals surface area (Å²) in [7, 11) is 2.13. The van der Waals surface area contributed by atoms with E-state index in [1.165, 1.54) is 0 Å². The number of nitrogens with one attached hydrogen (secondary N) is 1. The fraction of sp³-hybridized carbons (Fsp3) is 0.579. The summed E-state index contributed by atoms with van der Waals surface area (Å²) in [4.78, 5) is 24.6. The number of anilines is 1. The number of carbonyl (C=O) groups is 1. The Bertz CT molecular complexity index is 753. The molecule has 2 aliphatic heterocycles. The average molecular weight is 342 g/mol. The molecule has 6 nitrogen and oxygen atoms in total. The maximum atomic E-state index is 12.8. The van der Waals surface area contributed by atoms with Gasteiger partial charge in [-0.05, 0) is 37.3 Å². The lowest BCUT2D eigenvalue weighted by Crippen LogP contribution is -2.54. The standard InChI is InChI=1S/C19H26N4O2/c1-13-7-10-23(19(24)17-4-3-11-25-17)12-16(13)22(2)15-6-9-21-18-14(15)5-8-20-18/h5-6,8-9,13,16-17H,3-4,7,10-12H2,1-2H3,(H,20,21)/t13-,16?,17?/m1/s1. The zero-order valence-corrected chi connectivity index (χ0v) is 14.9. The number of hydrogen-bond acceptors (Lipinski definition) is 4. The number of piperidine rings is 1. The Kier molecular flexibility index (Phi) is 4.37. The third-order valence-corrected chi connectivity index (χ3v) is 5.75. The van der Waals surface area contributed by atoms with Gasteiger partial charge >= 0.3 is 0 Å². The number of aromatic amines is 1. The molecule has 2 aromatic heterocycles. The van der Waals surface area contributed by atoms with Crippen molar-refractivity contribution in [1.29, 1.82) is 0 Å². The summed E-state index contributed by atoms with van der Waals surface area (Å²) in [6, 6.07) is 4.42. The highest BCUT2D eigenvalue weighted by molar-refractivity contribution is 5.89. The monoisotopic (exact) mass is 342 g/mol. The smallest absolute Gasteiger partial charge is 0.251 e. The van der Waals surface area contributed by atoms with Gasteiger partial charge in [0.25, 0.3) is 5.91 Å². The first-order valence-corrected chi connectivity index (χ1v) is 9.20. The van der Waals surface area contributed by atoms with Gasteiger partial charge in [-0.25, -0.2) is 4.98 Å². The first-order valence-electron chi connectivity index (χ1n) is 9.20. The SMILES string of the molecule is C[C@@H]1CCN(C(=O)C2CCCO2)CC1N(C)c1ccnc2[nH]ccc12. The molecule has 25 heavy (non-hydrogen) atoms. The highest BCUT2D eigenvalue weighted by atomic mass is 16.5. The minimum atomic E-state index is -0.225. The number of carbonyl (C=O) groups excluding carboxylic acids is 1. The number of aromatic nitrogens is 2. The molecule has 0 radical (unpaired) electrons. The lowest BCUT2D eigenvalue weighted by molar-refractivity contribution is -0.142. The van der Waals surface area contributed by atoms with Gasteiger partial charge in [-0.15, -0.1) is 0 Å². The number of nitrogens with zero attached hydrogens (tertiary/aromatic N) is 3. The lowest BCUT2D eigenvalue weighted by Gasteiger charge is -2.43.